The van der Waals surface area contributed by atoms with Crippen molar-refractivity contribution in [3.05, 3.63) is 29.8 Å². The Kier molecular flexibility index (Phi) is 5.33. The van der Waals surface area contributed by atoms with Gasteiger partial charge in [0.25, 0.3) is 0 Å². The Morgan fingerprint density at radius 1 is 1.06 bits per heavy atom. The van der Waals surface area contributed by atoms with Gasteiger partial charge in [-0.15, -0.1) is 0 Å². The Labute approximate surface area is 99.5 Å². The molecule has 1 rings (SSSR count). The second-order valence-corrected chi connectivity index (χ2v) is 4.16. The third-order valence-corrected chi connectivity index (χ3v) is 3.05. The van der Waals surface area contributed by atoms with E-state index in [9.17, 15) is 0 Å². The van der Waals surface area contributed by atoms with Crippen molar-refractivity contribution in [1.82, 2.24) is 0 Å². The molecule has 0 saturated carbocycles. The minimum atomic E-state index is 0.191. The third kappa shape index (κ3) is 3.24. The largest absolute Gasteiger partial charge is 0.372 e. The molecule has 0 radical (unpaired) electrons. The molecule has 0 fully saturated rings. The molecule has 0 aliphatic heterocycles. The summed E-state index contributed by atoms with van der Waals surface area (Å²) in [6, 6.07) is 8.87. The van der Waals surface area contributed by atoms with Crippen molar-refractivity contribution in [3.63, 3.8) is 0 Å². The molecule has 0 bridgehead atoms. The van der Waals surface area contributed by atoms with Crippen molar-refractivity contribution in [2.75, 3.05) is 18.0 Å². The van der Waals surface area contributed by atoms with Crippen LogP contribution in [0.5, 0.6) is 0 Å². The first-order valence-corrected chi connectivity index (χ1v) is 6.33. The van der Waals surface area contributed by atoms with Gasteiger partial charge >= 0.3 is 0 Å². The number of hydrogen-bond donors (Lipinski definition) is 1. The Bertz CT molecular complexity index is 288. The SMILES string of the molecule is CCC[C@H](N)c1ccc(N(CC)CC)cc1. The van der Waals surface area contributed by atoms with E-state index in [1.54, 1.807) is 0 Å². The highest BCUT2D eigenvalue weighted by Crippen LogP contribution is 2.20. The van der Waals surface area contributed by atoms with E-state index in [0.29, 0.717) is 0 Å². The average Bonchev–Trinajstić information content (AvgIpc) is 2.32. The highest BCUT2D eigenvalue weighted by Gasteiger charge is 2.06. The average molecular weight is 220 g/mol. The van der Waals surface area contributed by atoms with Gasteiger partial charge in [-0.25, -0.2) is 0 Å². The van der Waals surface area contributed by atoms with E-state index in [4.69, 9.17) is 5.73 Å². The first kappa shape index (κ1) is 13.0. The quantitative estimate of drug-likeness (QED) is 0.796. The minimum Gasteiger partial charge on any atom is -0.372 e. The zero-order valence-corrected chi connectivity index (χ0v) is 10.7. The first-order valence-electron chi connectivity index (χ1n) is 6.33. The van der Waals surface area contributed by atoms with E-state index in [0.717, 1.165) is 25.9 Å². The Morgan fingerprint density at radius 3 is 2.06 bits per heavy atom. The maximum atomic E-state index is 6.08. The highest BCUT2D eigenvalue weighted by molar-refractivity contribution is 5.47. The topological polar surface area (TPSA) is 29.3 Å². The van der Waals surface area contributed by atoms with Gasteiger partial charge in [-0.2, -0.15) is 0 Å². The number of nitrogens with two attached hydrogens (primary N) is 1. The van der Waals surface area contributed by atoms with E-state index in [1.165, 1.54) is 11.3 Å². The normalized spacial score (nSPS) is 12.5. The summed E-state index contributed by atoms with van der Waals surface area (Å²) < 4.78 is 0. The maximum absolute atomic E-state index is 6.08. The zero-order chi connectivity index (χ0) is 12.0. The van der Waals surface area contributed by atoms with Gasteiger partial charge in [0.1, 0.15) is 0 Å². The molecule has 0 aromatic heterocycles. The van der Waals surface area contributed by atoms with Crippen LogP contribution < -0.4 is 10.6 Å². The summed E-state index contributed by atoms with van der Waals surface area (Å²) in [4.78, 5) is 2.34. The van der Waals surface area contributed by atoms with Crippen LogP contribution in [0.25, 0.3) is 0 Å². The molecule has 0 aliphatic carbocycles. The van der Waals surface area contributed by atoms with Crippen molar-refractivity contribution in [3.8, 4) is 0 Å². The highest BCUT2D eigenvalue weighted by atomic mass is 15.1. The molecule has 0 heterocycles. The predicted octanol–water partition coefficient (Wildman–Crippen LogP) is 3.33. The molecule has 1 atom stereocenters. The van der Waals surface area contributed by atoms with Crippen molar-refractivity contribution in [1.29, 1.82) is 0 Å². The smallest absolute Gasteiger partial charge is 0.0366 e. The second-order valence-electron chi connectivity index (χ2n) is 4.16. The number of hydrogen-bond acceptors (Lipinski definition) is 2. The molecule has 16 heavy (non-hydrogen) atoms. The Hall–Kier alpha value is -1.02. The molecule has 2 nitrogen and oxygen atoms in total. The van der Waals surface area contributed by atoms with E-state index in [1.807, 2.05) is 0 Å². The monoisotopic (exact) mass is 220 g/mol. The number of benzene rings is 1. The summed E-state index contributed by atoms with van der Waals surface area (Å²) in [5.74, 6) is 0. The molecule has 0 amide bonds. The van der Waals surface area contributed by atoms with E-state index >= 15 is 0 Å². The van der Waals surface area contributed by atoms with Crippen LogP contribution in [0.15, 0.2) is 24.3 Å². The molecule has 2 heteroatoms. The molecule has 0 aliphatic rings. The van der Waals surface area contributed by atoms with Crippen LogP contribution in [0, 0.1) is 0 Å². The second kappa shape index (κ2) is 6.54. The summed E-state index contributed by atoms with van der Waals surface area (Å²) in [5.41, 5.74) is 8.62. The van der Waals surface area contributed by atoms with Crippen molar-refractivity contribution in [2.45, 2.75) is 39.7 Å². The molecule has 2 N–H and O–H groups in total. The molecular weight excluding hydrogens is 196 g/mol. The molecule has 1 aromatic rings. The lowest BCUT2D eigenvalue weighted by molar-refractivity contribution is 0.638. The van der Waals surface area contributed by atoms with Gasteiger partial charge in [0.2, 0.25) is 0 Å². The van der Waals surface area contributed by atoms with Gasteiger partial charge in [0.05, 0.1) is 0 Å². The van der Waals surface area contributed by atoms with Crippen LogP contribution in [0.3, 0.4) is 0 Å². The minimum absolute atomic E-state index is 0.191. The lowest BCUT2D eigenvalue weighted by Gasteiger charge is -2.21. The van der Waals surface area contributed by atoms with Crippen LogP contribution in [0.4, 0.5) is 5.69 Å². The third-order valence-electron chi connectivity index (χ3n) is 3.05. The Morgan fingerprint density at radius 2 is 1.62 bits per heavy atom. The standard InChI is InChI=1S/C14H24N2/c1-4-7-14(15)12-8-10-13(11-9-12)16(5-2)6-3/h8-11,14H,4-7,15H2,1-3H3/t14-/m0/s1. The van der Waals surface area contributed by atoms with Gasteiger partial charge in [0.15, 0.2) is 0 Å². The number of nitrogens with zero attached hydrogens (tertiary/aromatic N) is 1. The van der Waals surface area contributed by atoms with Crippen LogP contribution in [0.1, 0.15) is 45.2 Å². The summed E-state index contributed by atoms with van der Waals surface area (Å²) in [6.07, 6.45) is 2.20. The molecular formula is C14H24N2. The van der Waals surface area contributed by atoms with E-state index in [-0.39, 0.29) is 6.04 Å². The van der Waals surface area contributed by atoms with Crippen LogP contribution in [-0.2, 0) is 0 Å². The van der Waals surface area contributed by atoms with Gasteiger partial charge in [0, 0.05) is 24.8 Å². The molecule has 0 saturated heterocycles. The van der Waals surface area contributed by atoms with Gasteiger partial charge in [-0.1, -0.05) is 25.5 Å². The lowest BCUT2D eigenvalue weighted by Crippen LogP contribution is -2.21. The van der Waals surface area contributed by atoms with Crippen LogP contribution >= 0.6 is 0 Å². The Balaban J connectivity index is 2.74. The summed E-state index contributed by atoms with van der Waals surface area (Å²) >= 11 is 0. The van der Waals surface area contributed by atoms with Crippen molar-refractivity contribution >= 4 is 5.69 Å². The number of rotatable bonds is 6. The van der Waals surface area contributed by atoms with E-state index in [2.05, 4.69) is 49.9 Å². The summed E-state index contributed by atoms with van der Waals surface area (Å²) in [7, 11) is 0. The van der Waals surface area contributed by atoms with Gasteiger partial charge < -0.3 is 10.6 Å². The fourth-order valence-corrected chi connectivity index (χ4v) is 2.00. The molecule has 90 valence electrons. The summed E-state index contributed by atoms with van der Waals surface area (Å²) in [6.45, 7) is 8.64. The fourth-order valence-electron chi connectivity index (χ4n) is 2.00. The van der Waals surface area contributed by atoms with Gasteiger partial charge in [-0.05, 0) is 38.0 Å². The predicted molar refractivity (Wildman–Crippen MR) is 71.8 cm³/mol. The maximum Gasteiger partial charge on any atom is 0.0366 e. The van der Waals surface area contributed by atoms with Crippen molar-refractivity contribution < 1.29 is 0 Å². The van der Waals surface area contributed by atoms with Crippen LogP contribution in [-0.4, -0.2) is 13.1 Å². The van der Waals surface area contributed by atoms with Crippen LogP contribution in [0.2, 0.25) is 0 Å². The first-order chi connectivity index (χ1) is 7.72. The molecule has 1 aromatic carbocycles. The molecule has 0 unspecified atom stereocenters. The van der Waals surface area contributed by atoms with Gasteiger partial charge in [-0.3, -0.25) is 0 Å². The fraction of sp³-hybridized carbons (Fsp3) is 0.571. The van der Waals surface area contributed by atoms with E-state index < -0.39 is 0 Å². The van der Waals surface area contributed by atoms with Crippen molar-refractivity contribution in [2.24, 2.45) is 5.73 Å². The number of anilines is 1. The lowest BCUT2D eigenvalue weighted by atomic mass is 10.0. The molecule has 0 spiro atoms. The zero-order valence-electron chi connectivity index (χ0n) is 10.7. The summed E-state index contributed by atoms with van der Waals surface area (Å²) in [5, 5.41) is 0.